The van der Waals surface area contributed by atoms with Crippen molar-refractivity contribution in [3.05, 3.63) is 0 Å². The monoisotopic (exact) mass is 213 g/mol. The highest BCUT2D eigenvalue weighted by Gasteiger charge is 2.11. The van der Waals surface area contributed by atoms with E-state index in [1.165, 1.54) is 44.9 Å². The normalized spacial score (nSPS) is 20.1. The summed E-state index contributed by atoms with van der Waals surface area (Å²) in [6.07, 6.45) is 10.9. The number of nitrogens with one attached hydrogen (secondary N) is 1. The summed E-state index contributed by atoms with van der Waals surface area (Å²) in [5.41, 5.74) is 0.914. The highest BCUT2D eigenvalue weighted by atomic mass is 32.2. The van der Waals surface area contributed by atoms with Crippen LogP contribution < -0.4 is 0 Å². The fourth-order valence-electron chi connectivity index (χ4n) is 1.91. The molecule has 2 heteroatoms. The van der Waals surface area contributed by atoms with Crippen LogP contribution in [0.1, 0.15) is 58.3 Å². The molecule has 14 heavy (non-hydrogen) atoms. The minimum Gasteiger partial charge on any atom is -0.309 e. The van der Waals surface area contributed by atoms with Crippen molar-refractivity contribution in [2.75, 3.05) is 5.75 Å². The predicted molar refractivity (Wildman–Crippen MR) is 66.6 cm³/mol. The Bertz CT molecular complexity index is 160. The molecular weight excluding hydrogens is 190 g/mol. The van der Waals surface area contributed by atoms with E-state index in [9.17, 15) is 0 Å². The van der Waals surface area contributed by atoms with Gasteiger partial charge in [-0.2, -0.15) is 11.8 Å². The van der Waals surface area contributed by atoms with Gasteiger partial charge >= 0.3 is 0 Å². The van der Waals surface area contributed by atoms with Crippen molar-refractivity contribution in [3.8, 4) is 0 Å². The van der Waals surface area contributed by atoms with Crippen LogP contribution in [0.25, 0.3) is 0 Å². The Morgan fingerprint density at radius 3 is 2.29 bits per heavy atom. The first-order valence-electron chi connectivity index (χ1n) is 6.01. The SMILES string of the molecule is CCC(=N)CSC1CCCCCCC1. The maximum absolute atomic E-state index is 7.63. The van der Waals surface area contributed by atoms with Gasteiger partial charge in [-0.05, 0) is 19.3 Å². The van der Waals surface area contributed by atoms with Gasteiger partial charge in [-0.15, -0.1) is 0 Å². The largest absolute Gasteiger partial charge is 0.309 e. The summed E-state index contributed by atoms with van der Waals surface area (Å²) in [5.74, 6) is 0.973. The molecule has 0 saturated heterocycles. The van der Waals surface area contributed by atoms with Gasteiger partial charge in [0.25, 0.3) is 0 Å². The van der Waals surface area contributed by atoms with Crippen molar-refractivity contribution in [1.82, 2.24) is 0 Å². The van der Waals surface area contributed by atoms with E-state index in [1.54, 1.807) is 0 Å². The number of hydrogen-bond donors (Lipinski definition) is 1. The first-order valence-corrected chi connectivity index (χ1v) is 7.05. The van der Waals surface area contributed by atoms with E-state index in [0.29, 0.717) is 0 Å². The second kappa shape index (κ2) is 7.33. The van der Waals surface area contributed by atoms with Crippen LogP contribution in [0.2, 0.25) is 0 Å². The molecule has 1 N–H and O–H groups in total. The molecule has 1 aliphatic rings. The molecule has 0 amide bonds. The first kappa shape index (κ1) is 12.1. The van der Waals surface area contributed by atoms with Gasteiger partial charge in [0.15, 0.2) is 0 Å². The Balaban J connectivity index is 2.16. The molecule has 0 spiro atoms. The molecule has 0 atom stereocenters. The van der Waals surface area contributed by atoms with Crippen LogP contribution in [0, 0.1) is 5.41 Å². The molecule has 1 aliphatic carbocycles. The topological polar surface area (TPSA) is 23.9 Å². The van der Waals surface area contributed by atoms with Crippen LogP contribution in [0.15, 0.2) is 0 Å². The molecule has 0 aromatic heterocycles. The molecular formula is C12H23NS. The summed E-state index contributed by atoms with van der Waals surface area (Å²) in [7, 11) is 0. The molecule has 0 unspecified atom stereocenters. The zero-order valence-electron chi connectivity index (χ0n) is 9.35. The van der Waals surface area contributed by atoms with Crippen LogP contribution in [0.3, 0.4) is 0 Å². The molecule has 0 heterocycles. The Labute approximate surface area is 92.6 Å². The van der Waals surface area contributed by atoms with E-state index in [4.69, 9.17) is 5.41 Å². The average molecular weight is 213 g/mol. The van der Waals surface area contributed by atoms with Crippen molar-refractivity contribution in [1.29, 1.82) is 5.41 Å². The summed E-state index contributed by atoms with van der Waals surface area (Å²) in [5, 5.41) is 8.48. The summed E-state index contributed by atoms with van der Waals surface area (Å²) >= 11 is 2.03. The minimum absolute atomic E-state index is 0.849. The lowest BCUT2D eigenvalue weighted by atomic mass is 10.0. The van der Waals surface area contributed by atoms with Gasteiger partial charge in [-0.25, -0.2) is 0 Å². The molecule has 82 valence electrons. The fourth-order valence-corrected chi connectivity index (χ4v) is 3.21. The lowest BCUT2D eigenvalue weighted by molar-refractivity contribution is 0.513. The van der Waals surface area contributed by atoms with E-state index in [-0.39, 0.29) is 0 Å². The zero-order chi connectivity index (χ0) is 10.2. The Hall–Kier alpha value is 0.0200. The highest BCUT2D eigenvalue weighted by Crippen LogP contribution is 2.26. The molecule has 0 aromatic rings. The predicted octanol–water partition coefficient (Wildman–Crippen LogP) is 4.26. The Morgan fingerprint density at radius 2 is 1.71 bits per heavy atom. The van der Waals surface area contributed by atoms with Crippen LogP contribution in [-0.2, 0) is 0 Å². The van der Waals surface area contributed by atoms with Crippen LogP contribution in [0.5, 0.6) is 0 Å². The van der Waals surface area contributed by atoms with E-state index in [0.717, 1.165) is 23.1 Å². The Morgan fingerprint density at radius 1 is 1.14 bits per heavy atom. The van der Waals surface area contributed by atoms with Gasteiger partial charge in [-0.1, -0.05) is 39.0 Å². The molecule has 1 saturated carbocycles. The molecule has 1 rings (SSSR count). The Kier molecular flexibility index (Phi) is 6.33. The second-order valence-corrected chi connectivity index (χ2v) is 5.52. The maximum atomic E-state index is 7.63. The van der Waals surface area contributed by atoms with E-state index < -0.39 is 0 Å². The summed E-state index contributed by atoms with van der Waals surface area (Å²) in [6, 6.07) is 0. The first-order chi connectivity index (χ1) is 6.83. The molecule has 1 fully saturated rings. The third-order valence-corrected chi connectivity index (χ3v) is 4.43. The lowest BCUT2D eigenvalue weighted by Crippen LogP contribution is -2.09. The highest BCUT2D eigenvalue weighted by molar-refractivity contribution is 8.00. The van der Waals surface area contributed by atoms with Crippen molar-refractivity contribution in [2.24, 2.45) is 0 Å². The average Bonchev–Trinajstić information content (AvgIpc) is 2.15. The zero-order valence-corrected chi connectivity index (χ0v) is 10.2. The van der Waals surface area contributed by atoms with Gasteiger partial charge in [0.05, 0.1) is 0 Å². The summed E-state index contributed by atoms with van der Waals surface area (Å²) in [6.45, 7) is 2.08. The third kappa shape index (κ3) is 5.04. The van der Waals surface area contributed by atoms with Gasteiger partial charge in [0.2, 0.25) is 0 Å². The lowest BCUT2D eigenvalue weighted by Gasteiger charge is -2.19. The van der Waals surface area contributed by atoms with Gasteiger partial charge in [-0.3, -0.25) is 0 Å². The standard InChI is InChI=1S/C12H23NS/c1-2-11(13)10-14-12-8-6-4-3-5-7-9-12/h12-13H,2-10H2,1H3. The van der Waals surface area contributed by atoms with Gasteiger partial charge in [0.1, 0.15) is 0 Å². The number of thioether (sulfide) groups is 1. The number of hydrogen-bond acceptors (Lipinski definition) is 2. The van der Waals surface area contributed by atoms with Crippen molar-refractivity contribution < 1.29 is 0 Å². The molecule has 0 aliphatic heterocycles. The quantitative estimate of drug-likeness (QED) is 0.693. The van der Waals surface area contributed by atoms with Crippen LogP contribution >= 0.6 is 11.8 Å². The third-order valence-electron chi connectivity index (χ3n) is 2.97. The molecule has 0 aromatic carbocycles. The van der Waals surface area contributed by atoms with Crippen molar-refractivity contribution >= 4 is 17.5 Å². The minimum atomic E-state index is 0.849. The number of rotatable bonds is 4. The van der Waals surface area contributed by atoms with E-state index in [1.807, 2.05) is 11.8 Å². The molecule has 0 radical (unpaired) electrons. The molecule has 1 nitrogen and oxygen atoms in total. The van der Waals surface area contributed by atoms with Crippen molar-refractivity contribution in [2.45, 2.75) is 63.5 Å². The van der Waals surface area contributed by atoms with Crippen molar-refractivity contribution in [3.63, 3.8) is 0 Å². The van der Waals surface area contributed by atoms with E-state index in [2.05, 4.69) is 6.92 Å². The van der Waals surface area contributed by atoms with Gasteiger partial charge < -0.3 is 5.41 Å². The van der Waals surface area contributed by atoms with Crippen LogP contribution in [0.4, 0.5) is 0 Å². The smallest absolute Gasteiger partial charge is 0.0314 e. The summed E-state index contributed by atoms with van der Waals surface area (Å²) in [4.78, 5) is 0. The summed E-state index contributed by atoms with van der Waals surface area (Å²) < 4.78 is 0. The fraction of sp³-hybridized carbons (Fsp3) is 0.917. The second-order valence-electron chi connectivity index (χ2n) is 4.24. The van der Waals surface area contributed by atoms with Gasteiger partial charge in [0, 0.05) is 16.7 Å². The van der Waals surface area contributed by atoms with Crippen LogP contribution in [-0.4, -0.2) is 16.7 Å². The van der Waals surface area contributed by atoms with E-state index >= 15 is 0 Å². The molecule has 0 bridgehead atoms. The maximum Gasteiger partial charge on any atom is 0.0314 e.